The number of rotatable bonds is 6. The van der Waals surface area contributed by atoms with E-state index >= 15 is 0 Å². The Kier molecular flexibility index (Phi) is 5.12. The molecule has 1 aliphatic heterocycles. The molecule has 0 aromatic heterocycles. The molecule has 0 aliphatic carbocycles. The van der Waals surface area contributed by atoms with Gasteiger partial charge < -0.3 is 9.97 Å². The molecule has 1 radical (unpaired) electrons. The van der Waals surface area contributed by atoms with Crippen molar-refractivity contribution in [3.05, 3.63) is 53.3 Å². The van der Waals surface area contributed by atoms with Gasteiger partial charge in [-0.3, -0.25) is 4.79 Å². The molecule has 1 heterocycles. The van der Waals surface area contributed by atoms with Crippen molar-refractivity contribution >= 4 is 13.3 Å². The fourth-order valence-corrected chi connectivity index (χ4v) is 2.68. The molecule has 0 saturated heterocycles. The lowest BCUT2D eigenvalue weighted by Gasteiger charge is -2.28. The topological polar surface area (TPSA) is 38.3 Å². The molecule has 1 aromatic rings. The molecular weight excluding hydrogens is 273 g/mol. The van der Waals surface area contributed by atoms with Crippen LogP contribution in [0.5, 0.6) is 5.75 Å². The minimum Gasteiger partial charge on any atom is -0.560 e. The smallest absolute Gasteiger partial charge is 0.394 e. The Balaban J connectivity index is 2.06. The summed E-state index contributed by atoms with van der Waals surface area (Å²) in [5, 5.41) is 3.38. The molecule has 3 nitrogen and oxygen atoms in total. The van der Waals surface area contributed by atoms with Crippen LogP contribution in [-0.4, -0.2) is 19.2 Å². The highest BCUT2D eigenvalue weighted by Crippen LogP contribution is 2.31. The Bertz CT molecular complexity index is 622. The standard InChI is InChI=1S/C18H23BNO2/c1-11(2)6-8-13(4)20-16-10-15-9-7-12(3)17(14(5)21)18(15)22-19-16/h7,9,16,20H,1,4,6,8,10H2,2-3,5H3. The molecule has 0 fully saturated rings. The molecule has 1 aromatic carbocycles. The summed E-state index contributed by atoms with van der Waals surface area (Å²) < 4.78 is 5.77. The number of hydrogen-bond acceptors (Lipinski definition) is 3. The molecule has 115 valence electrons. The summed E-state index contributed by atoms with van der Waals surface area (Å²) in [6.07, 6.45) is 2.60. The molecule has 1 atom stereocenters. The van der Waals surface area contributed by atoms with Crippen molar-refractivity contribution < 1.29 is 9.45 Å². The van der Waals surface area contributed by atoms with E-state index in [0.717, 1.165) is 41.7 Å². The predicted octanol–water partition coefficient (Wildman–Crippen LogP) is 3.54. The Hall–Kier alpha value is -1.97. The normalized spacial score (nSPS) is 16.0. The SMILES string of the molecule is C=C(C)CCC(=C)NC1[B]Oc2c(ccc(C)c2C(C)=O)C1. The van der Waals surface area contributed by atoms with Crippen LogP contribution < -0.4 is 9.97 Å². The molecule has 0 amide bonds. The second kappa shape index (κ2) is 6.86. The summed E-state index contributed by atoms with van der Waals surface area (Å²) in [5.74, 6) is 0.825. The molecule has 0 bridgehead atoms. The Labute approximate surface area is 133 Å². The summed E-state index contributed by atoms with van der Waals surface area (Å²) >= 11 is 0. The van der Waals surface area contributed by atoms with Crippen molar-refractivity contribution in [3.8, 4) is 5.75 Å². The van der Waals surface area contributed by atoms with E-state index in [0.29, 0.717) is 11.3 Å². The van der Waals surface area contributed by atoms with Crippen molar-refractivity contribution in [3.63, 3.8) is 0 Å². The highest BCUT2D eigenvalue weighted by molar-refractivity contribution is 6.32. The Morgan fingerprint density at radius 1 is 1.36 bits per heavy atom. The fraction of sp³-hybridized carbons (Fsp3) is 0.389. The van der Waals surface area contributed by atoms with Crippen LogP contribution >= 0.6 is 0 Å². The lowest BCUT2D eigenvalue weighted by Crippen LogP contribution is -2.41. The molecule has 1 aliphatic rings. The van der Waals surface area contributed by atoms with Crippen molar-refractivity contribution in [1.29, 1.82) is 0 Å². The second-order valence-corrected chi connectivity index (χ2v) is 6.07. The maximum Gasteiger partial charge on any atom is 0.394 e. The van der Waals surface area contributed by atoms with E-state index in [1.54, 1.807) is 14.4 Å². The van der Waals surface area contributed by atoms with Gasteiger partial charge in [-0.15, -0.1) is 6.58 Å². The molecule has 0 spiro atoms. The van der Waals surface area contributed by atoms with Gasteiger partial charge in [-0.05, 0) is 51.2 Å². The van der Waals surface area contributed by atoms with Crippen LogP contribution in [0.4, 0.5) is 0 Å². The largest absolute Gasteiger partial charge is 0.560 e. The maximum atomic E-state index is 11.8. The first-order chi connectivity index (χ1) is 10.4. The number of fused-ring (bicyclic) bond motifs is 1. The maximum absolute atomic E-state index is 11.8. The van der Waals surface area contributed by atoms with Crippen molar-refractivity contribution in [2.45, 2.75) is 46.0 Å². The van der Waals surface area contributed by atoms with E-state index < -0.39 is 0 Å². The molecule has 1 N–H and O–H groups in total. The lowest BCUT2D eigenvalue weighted by molar-refractivity contribution is 0.101. The average molecular weight is 296 g/mol. The number of aryl methyl sites for hydroxylation is 1. The van der Waals surface area contributed by atoms with Gasteiger partial charge >= 0.3 is 7.48 Å². The summed E-state index contributed by atoms with van der Waals surface area (Å²) in [4.78, 5) is 11.8. The third-order valence-electron chi connectivity index (χ3n) is 3.83. The molecule has 0 saturated carbocycles. The zero-order chi connectivity index (χ0) is 16.3. The van der Waals surface area contributed by atoms with Gasteiger partial charge in [0.2, 0.25) is 0 Å². The van der Waals surface area contributed by atoms with Gasteiger partial charge in [-0.2, -0.15) is 0 Å². The van der Waals surface area contributed by atoms with E-state index in [4.69, 9.17) is 4.65 Å². The van der Waals surface area contributed by atoms with Gasteiger partial charge in [0.1, 0.15) is 5.75 Å². The number of ketones is 1. The fourth-order valence-electron chi connectivity index (χ4n) is 2.68. The number of allylic oxidation sites excluding steroid dienone is 2. The molecule has 4 heteroatoms. The average Bonchev–Trinajstić information content (AvgIpc) is 2.44. The van der Waals surface area contributed by atoms with Crippen LogP contribution in [0.15, 0.2) is 36.6 Å². The van der Waals surface area contributed by atoms with Crippen molar-refractivity contribution in [2.24, 2.45) is 0 Å². The Morgan fingerprint density at radius 3 is 2.73 bits per heavy atom. The molecule has 22 heavy (non-hydrogen) atoms. The molecular formula is C18H23BNO2. The van der Waals surface area contributed by atoms with Gasteiger partial charge in [0, 0.05) is 11.6 Å². The highest BCUT2D eigenvalue weighted by Gasteiger charge is 2.26. The van der Waals surface area contributed by atoms with Crippen LogP contribution in [-0.2, 0) is 6.42 Å². The van der Waals surface area contributed by atoms with E-state index in [2.05, 4.69) is 18.5 Å². The molecule has 2 rings (SSSR count). The lowest BCUT2D eigenvalue weighted by atomic mass is 9.78. The van der Waals surface area contributed by atoms with Gasteiger partial charge in [0.05, 0.1) is 5.56 Å². The first-order valence-electron chi connectivity index (χ1n) is 7.60. The zero-order valence-electron chi connectivity index (χ0n) is 13.7. The van der Waals surface area contributed by atoms with Crippen molar-refractivity contribution in [2.75, 3.05) is 0 Å². The number of benzene rings is 1. The van der Waals surface area contributed by atoms with Crippen molar-refractivity contribution in [1.82, 2.24) is 5.32 Å². The molecule has 1 unspecified atom stereocenters. The summed E-state index contributed by atoms with van der Waals surface area (Å²) in [5.41, 5.74) is 4.84. The first-order valence-corrected chi connectivity index (χ1v) is 7.60. The summed E-state index contributed by atoms with van der Waals surface area (Å²) in [6, 6.07) is 4.02. The summed E-state index contributed by atoms with van der Waals surface area (Å²) in [7, 11) is 1.76. The quantitative estimate of drug-likeness (QED) is 0.496. The van der Waals surface area contributed by atoms with E-state index in [1.165, 1.54) is 0 Å². The first kappa shape index (κ1) is 16.4. The van der Waals surface area contributed by atoms with Crippen LogP contribution in [0.1, 0.15) is 48.2 Å². The number of hydrogen-bond donors (Lipinski definition) is 1. The number of carbonyl (C=O) groups excluding carboxylic acids is 1. The minimum absolute atomic E-state index is 0.0417. The van der Waals surface area contributed by atoms with Gasteiger partial charge in [0.25, 0.3) is 0 Å². The third kappa shape index (κ3) is 3.82. The Morgan fingerprint density at radius 2 is 2.09 bits per heavy atom. The van der Waals surface area contributed by atoms with Crippen LogP contribution in [0, 0.1) is 6.92 Å². The van der Waals surface area contributed by atoms with Gasteiger partial charge in [-0.1, -0.05) is 24.3 Å². The zero-order valence-corrected chi connectivity index (χ0v) is 13.7. The van der Waals surface area contributed by atoms with E-state index in [-0.39, 0.29) is 11.7 Å². The number of carbonyl (C=O) groups is 1. The van der Waals surface area contributed by atoms with Gasteiger partial charge in [-0.25, -0.2) is 0 Å². The second-order valence-electron chi connectivity index (χ2n) is 6.07. The van der Waals surface area contributed by atoms with E-state index in [9.17, 15) is 4.79 Å². The van der Waals surface area contributed by atoms with Crippen LogP contribution in [0.3, 0.4) is 0 Å². The number of Topliss-reactive ketones (excluding diaryl/α,β-unsaturated/α-hetero) is 1. The predicted molar refractivity (Wildman–Crippen MR) is 91.4 cm³/mol. The number of nitrogens with one attached hydrogen (secondary N) is 1. The minimum atomic E-state index is 0.0417. The van der Waals surface area contributed by atoms with Crippen LogP contribution in [0.25, 0.3) is 0 Å². The monoisotopic (exact) mass is 296 g/mol. The summed E-state index contributed by atoms with van der Waals surface area (Å²) in [6.45, 7) is 13.5. The van der Waals surface area contributed by atoms with Gasteiger partial charge in [0.15, 0.2) is 5.78 Å². The third-order valence-corrected chi connectivity index (χ3v) is 3.83. The van der Waals surface area contributed by atoms with Crippen LogP contribution in [0.2, 0.25) is 0 Å². The van der Waals surface area contributed by atoms with E-state index in [1.807, 2.05) is 26.0 Å². The highest BCUT2D eigenvalue weighted by atomic mass is 16.4.